The summed E-state index contributed by atoms with van der Waals surface area (Å²) in [4.78, 5) is 40.3. The van der Waals surface area contributed by atoms with Gasteiger partial charge in [-0.25, -0.2) is 4.79 Å². The van der Waals surface area contributed by atoms with Crippen molar-refractivity contribution in [2.45, 2.75) is 147 Å². The predicted molar refractivity (Wildman–Crippen MR) is 191 cm³/mol. The molecule has 3 aliphatic rings. The molecule has 288 valence electrons. The van der Waals surface area contributed by atoms with Gasteiger partial charge in [-0.2, -0.15) is 0 Å². The minimum Gasteiger partial charge on any atom is -0.504 e. The van der Waals surface area contributed by atoms with E-state index < -0.39 is 47.3 Å². The summed E-state index contributed by atoms with van der Waals surface area (Å²) >= 11 is 0. The van der Waals surface area contributed by atoms with Gasteiger partial charge in [0, 0.05) is 31.8 Å². The third-order valence-corrected chi connectivity index (χ3v) is 11.7. The summed E-state index contributed by atoms with van der Waals surface area (Å²) < 4.78 is 18.3. The molecule has 7 unspecified atom stereocenters. The molecule has 6 N–H and O–H groups in total. The molecule has 0 radical (unpaired) electrons. The summed E-state index contributed by atoms with van der Waals surface area (Å²) in [5.74, 6) is -0.966. The maximum Gasteiger partial charge on any atom is 0.332 e. The zero-order valence-corrected chi connectivity index (χ0v) is 30.9. The van der Waals surface area contributed by atoms with Crippen molar-refractivity contribution in [3.8, 4) is 11.5 Å². The smallest absolute Gasteiger partial charge is 0.332 e. The maximum absolute atomic E-state index is 14.7. The van der Waals surface area contributed by atoms with E-state index >= 15 is 0 Å². The van der Waals surface area contributed by atoms with Crippen LogP contribution in [-0.4, -0.2) is 95.0 Å². The Morgan fingerprint density at radius 2 is 1.75 bits per heavy atom. The van der Waals surface area contributed by atoms with Crippen LogP contribution in [0.2, 0.25) is 0 Å². The van der Waals surface area contributed by atoms with E-state index in [-0.39, 0.29) is 36.5 Å². The van der Waals surface area contributed by atoms with E-state index in [0.717, 1.165) is 24.8 Å². The van der Waals surface area contributed by atoms with Crippen molar-refractivity contribution < 1.29 is 49.0 Å². The van der Waals surface area contributed by atoms with E-state index in [2.05, 4.69) is 10.6 Å². The lowest BCUT2D eigenvalue weighted by Gasteiger charge is -2.49. The SMILES string of the molecule is COc1cc(CC2(C(CC(OC(C)=O)C(CCC(C)O)CCC(O)CCCO)OC(=O)C34CCCCC3CCC(=O)N4)CCNCC2)ccc1O. The van der Waals surface area contributed by atoms with Crippen molar-refractivity contribution >= 4 is 17.8 Å². The number of phenols is 1. The van der Waals surface area contributed by atoms with Gasteiger partial charge in [0.2, 0.25) is 5.91 Å². The van der Waals surface area contributed by atoms with Crippen LogP contribution in [0.25, 0.3) is 0 Å². The lowest BCUT2D eigenvalue weighted by Crippen LogP contribution is -2.65. The monoisotopic (exact) mass is 718 g/mol. The Morgan fingerprint density at radius 3 is 2.43 bits per heavy atom. The van der Waals surface area contributed by atoms with Gasteiger partial charge in [0.05, 0.1) is 19.3 Å². The summed E-state index contributed by atoms with van der Waals surface area (Å²) in [5.41, 5.74) is -0.814. The zero-order valence-electron chi connectivity index (χ0n) is 30.9. The quantitative estimate of drug-likeness (QED) is 0.113. The fraction of sp³-hybridized carbons (Fsp3) is 0.769. The number of carbonyl (C=O) groups is 3. The molecule has 4 rings (SSSR count). The van der Waals surface area contributed by atoms with E-state index in [1.807, 2.05) is 6.07 Å². The molecule has 7 atom stereocenters. The lowest BCUT2D eigenvalue weighted by atomic mass is 9.66. The first-order valence-electron chi connectivity index (χ1n) is 19.1. The molecule has 1 aliphatic carbocycles. The number of fused-ring (bicyclic) bond motifs is 1. The largest absolute Gasteiger partial charge is 0.504 e. The Bertz CT molecular complexity index is 1280. The fourth-order valence-corrected chi connectivity index (χ4v) is 8.78. The number of carbonyl (C=O) groups excluding carboxylic acids is 3. The summed E-state index contributed by atoms with van der Waals surface area (Å²) in [6.07, 6.45) is 6.33. The molecule has 1 aromatic rings. The minimum absolute atomic E-state index is 0.0156. The number of nitrogens with one attached hydrogen (secondary N) is 2. The second-order valence-electron chi connectivity index (χ2n) is 15.4. The fourth-order valence-electron chi connectivity index (χ4n) is 8.78. The van der Waals surface area contributed by atoms with Crippen molar-refractivity contribution in [3.63, 3.8) is 0 Å². The van der Waals surface area contributed by atoms with Crippen LogP contribution >= 0.6 is 0 Å². The highest BCUT2D eigenvalue weighted by molar-refractivity contribution is 5.90. The average molecular weight is 719 g/mol. The minimum atomic E-state index is -1.11. The second-order valence-corrected chi connectivity index (χ2v) is 15.4. The van der Waals surface area contributed by atoms with Crippen molar-refractivity contribution in [3.05, 3.63) is 23.8 Å². The van der Waals surface area contributed by atoms with Gasteiger partial charge in [0.1, 0.15) is 17.7 Å². The van der Waals surface area contributed by atoms with Crippen LogP contribution in [0.15, 0.2) is 18.2 Å². The van der Waals surface area contributed by atoms with Crippen LogP contribution in [0.1, 0.15) is 116 Å². The molecule has 12 nitrogen and oxygen atoms in total. The van der Waals surface area contributed by atoms with Crippen molar-refractivity contribution in [1.29, 1.82) is 0 Å². The number of hydrogen-bond acceptors (Lipinski definition) is 11. The first-order valence-corrected chi connectivity index (χ1v) is 19.1. The molecule has 1 amide bonds. The number of methoxy groups -OCH3 is 1. The number of rotatable bonds is 19. The van der Waals surface area contributed by atoms with Crippen LogP contribution < -0.4 is 15.4 Å². The van der Waals surface area contributed by atoms with Gasteiger partial charge in [0.15, 0.2) is 11.5 Å². The normalized spacial score (nSPS) is 24.6. The Hall–Kier alpha value is -2.93. The lowest BCUT2D eigenvalue weighted by molar-refractivity contribution is -0.179. The molecule has 51 heavy (non-hydrogen) atoms. The highest BCUT2D eigenvalue weighted by Gasteiger charge is 2.54. The molecule has 3 fully saturated rings. The Kier molecular flexibility index (Phi) is 15.4. The van der Waals surface area contributed by atoms with Crippen molar-refractivity contribution in [2.75, 3.05) is 26.8 Å². The molecule has 0 aromatic heterocycles. The Balaban J connectivity index is 1.76. The first-order chi connectivity index (χ1) is 24.4. The molecular formula is C39H62N2O10. The standard InChI is InChI=1S/C39H62N2O10/c1-26(43)9-11-29(12-14-31(45)8-6-22-42)33(50-27(2)44)24-35(51-37(48)39-17-5-4-7-30(39)13-16-36(47)41-39)38(18-20-40-21-19-38)25-28-10-15-32(46)34(23-28)49-3/h10,15,23,26,29-31,33,35,40,42-43,45-46H,4-9,11-14,16-22,24-25H2,1-3H3,(H,41,47). The Labute approximate surface area is 303 Å². The average Bonchev–Trinajstić information content (AvgIpc) is 3.10. The van der Waals surface area contributed by atoms with E-state index in [1.165, 1.54) is 14.0 Å². The molecule has 2 aliphatic heterocycles. The van der Waals surface area contributed by atoms with E-state index in [0.29, 0.717) is 95.9 Å². The van der Waals surface area contributed by atoms with Crippen LogP contribution in [-0.2, 0) is 30.3 Å². The number of ether oxygens (including phenoxy) is 3. The molecular weight excluding hydrogens is 656 g/mol. The molecule has 1 saturated carbocycles. The summed E-state index contributed by atoms with van der Waals surface area (Å²) in [6.45, 7) is 4.41. The number of aromatic hydroxyl groups is 1. The molecule has 1 aromatic carbocycles. The Morgan fingerprint density at radius 1 is 1.00 bits per heavy atom. The number of piperidine rings is 2. The van der Waals surface area contributed by atoms with Crippen LogP contribution in [0.3, 0.4) is 0 Å². The van der Waals surface area contributed by atoms with Crippen LogP contribution in [0, 0.1) is 17.3 Å². The zero-order chi connectivity index (χ0) is 37.0. The van der Waals surface area contributed by atoms with E-state index in [1.54, 1.807) is 19.1 Å². The van der Waals surface area contributed by atoms with Gasteiger partial charge in [-0.1, -0.05) is 18.9 Å². The van der Waals surface area contributed by atoms with Crippen LogP contribution in [0.4, 0.5) is 0 Å². The van der Waals surface area contributed by atoms with Gasteiger partial charge < -0.3 is 45.3 Å². The predicted octanol–water partition coefficient (Wildman–Crippen LogP) is 4.08. The highest BCUT2D eigenvalue weighted by atomic mass is 16.6. The molecule has 0 spiro atoms. The number of aliphatic hydroxyl groups is 3. The van der Waals surface area contributed by atoms with Crippen molar-refractivity contribution in [1.82, 2.24) is 10.6 Å². The molecule has 12 heteroatoms. The van der Waals surface area contributed by atoms with Crippen molar-refractivity contribution in [2.24, 2.45) is 17.3 Å². The van der Waals surface area contributed by atoms with Gasteiger partial charge in [-0.15, -0.1) is 0 Å². The van der Waals surface area contributed by atoms with Gasteiger partial charge in [-0.05, 0) is 127 Å². The first kappa shape index (κ1) is 40.8. The maximum atomic E-state index is 14.7. The number of esters is 2. The number of aliphatic hydroxyl groups excluding tert-OH is 3. The summed E-state index contributed by atoms with van der Waals surface area (Å²) in [7, 11) is 1.50. The number of hydrogen-bond donors (Lipinski definition) is 6. The summed E-state index contributed by atoms with van der Waals surface area (Å²) in [6, 6.07) is 5.25. The van der Waals surface area contributed by atoms with Gasteiger partial charge in [0.25, 0.3) is 0 Å². The second kappa shape index (κ2) is 19.2. The third kappa shape index (κ3) is 11.0. The van der Waals surface area contributed by atoms with E-state index in [9.17, 15) is 34.8 Å². The van der Waals surface area contributed by atoms with Gasteiger partial charge in [-0.3, -0.25) is 9.59 Å². The third-order valence-electron chi connectivity index (χ3n) is 11.7. The van der Waals surface area contributed by atoms with Crippen LogP contribution in [0.5, 0.6) is 11.5 Å². The highest BCUT2D eigenvalue weighted by Crippen LogP contribution is 2.46. The summed E-state index contributed by atoms with van der Waals surface area (Å²) in [5, 5.41) is 47.2. The number of amides is 1. The van der Waals surface area contributed by atoms with Gasteiger partial charge >= 0.3 is 11.9 Å². The number of phenolic OH excluding ortho intramolecular Hbond substituents is 1. The molecule has 2 saturated heterocycles. The van der Waals surface area contributed by atoms with E-state index in [4.69, 9.17) is 14.2 Å². The number of benzene rings is 1. The molecule has 0 bridgehead atoms. The molecule has 2 heterocycles. The topological polar surface area (TPSA) is 184 Å².